The van der Waals surface area contributed by atoms with Gasteiger partial charge in [0.1, 0.15) is 0 Å². The molecular weight excluding hydrogens is 136 g/mol. The Morgan fingerprint density at radius 1 is 1.45 bits per heavy atom. The Bertz CT molecular complexity index is 156. The van der Waals surface area contributed by atoms with Crippen molar-refractivity contribution in [2.24, 2.45) is 5.92 Å². The highest BCUT2D eigenvalue weighted by molar-refractivity contribution is 5.08. The molecule has 0 aromatic carbocycles. The first kappa shape index (κ1) is 7.56. The van der Waals surface area contributed by atoms with Crippen LogP contribution in [0, 0.1) is 5.92 Å². The Morgan fingerprint density at radius 2 is 2.18 bits per heavy atom. The second kappa shape index (κ2) is 2.46. The fourth-order valence-electron chi connectivity index (χ4n) is 2.82. The van der Waals surface area contributed by atoms with Crippen LogP contribution in [0.25, 0.3) is 0 Å². The van der Waals surface area contributed by atoms with E-state index in [0.29, 0.717) is 0 Å². The molecule has 1 saturated carbocycles. The van der Waals surface area contributed by atoms with Crippen molar-refractivity contribution in [1.82, 2.24) is 9.80 Å². The molecule has 3 aliphatic rings. The predicted molar refractivity (Wildman–Crippen MR) is 46.6 cm³/mol. The average Bonchev–Trinajstić information content (AvgIpc) is 2.39. The Hall–Kier alpha value is -0.0800. The van der Waals surface area contributed by atoms with Crippen molar-refractivity contribution >= 4 is 0 Å². The molecule has 0 amide bonds. The molecule has 3 rings (SSSR count). The van der Waals surface area contributed by atoms with Crippen LogP contribution in [-0.4, -0.2) is 49.1 Å². The van der Waals surface area contributed by atoms with E-state index in [1.54, 1.807) is 0 Å². The Balaban J connectivity index is 2.00. The monoisotopic (exact) mass is 154 g/mol. The van der Waals surface area contributed by atoms with Crippen molar-refractivity contribution in [3.8, 4) is 0 Å². The van der Waals surface area contributed by atoms with E-state index in [2.05, 4.69) is 30.8 Å². The summed E-state index contributed by atoms with van der Waals surface area (Å²) in [4.78, 5) is 5.02. The molecule has 0 aromatic heterocycles. The zero-order valence-corrected chi connectivity index (χ0v) is 7.75. The predicted octanol–water partition coefficient (Wildman–Crippen LogP) is 0.641. The number of hydrogen-bond acceptors (Lipinski definition) is 2. The first-order valence-corrected chi connectivity index (χ1v) is 4.64. The highest BCUT2D eigenvalue weighted by Gasteiger charge is 2.51. The average molecular weight is 154 g/mol. The van der Waals surface area contributed by atoms with Crippen LogP contribution in [-0.2, 0) is 0 Å². The largest absolute Gasteiger partial charge is 0.305 e. The molecule has 0 N–H and O–H groups in total. The second-order valence-electron chi connectivity index (χ2n) is 4.10. The first-order valence-electron chi connectivity index (χ1n) is 4.64. The minimum atomic E-state index is 0.870. The Morgan fingerprint density at radius 3 is 2.55 bits per heavy atom. The molecule has 1 unspecified atom stereocenters. The molecule has 3 fully saturated rings. The minimum absolute atomic E-state index is 0.870. The molecule has 2 bridgehead atoms. The van der Waals surface area contributed by atoms with Crippen LogP contribution >= 0.6 is 0 Å². The van der Waals surface area contributed by atoms with Gasteiger partial charge >= 0.3 is 0 Å². The van der Waals surface area contributed by atoms with Gasteiger partial charge in [0.2, 0.25) is 0 Å². The van der Waals surface area contributed by atoms with Crippen LogP contribution in [0.3, 0.4) is 0 Å². The molecule has 2 saturated heterocycles. The van der Waals surface area contributed by atoms with Gasteiger partial charge in [-0.2, -0.15) is 0 Å². The summed E-state index contributed by atoms with van der Waals surface area (Å²) in [5, 5.41) is 0. The molecule has 0 spiro atoms. The van der Waals surface area contributed by atoms with Gasteiger partial charge in [-0.1, -0.05) is 6.92 Å². The van der Waals surface area contributed by atoms with Gasteiger partial charge in [-0.15, -0.1) is 0 Å². The molecule has 2 aliphatic heterocycles. The minimum Gasteiger partial charge on any atom is -0.305 e. The van der Waals surface area contributed by atoms with E-state index in [0.717, 1.165) is 18.0 Å². The molecule has 2 heterocycles. The van der Waals surface area contributed by atoms with E-state index < -0.39 is 0 Å². The van der Waals surface area contributed by atoms with Crippen LogP contribution < -0.4 is 0 Å². The van der Waals surface area contributed by atoms with Crippen molar-refractivity contribution in [3.05, 3.63) is 0 Å². The lowest BCUT2D eigenvalue weighted by atomic mass is 9.79. The number of nitrogens with zero attached hydrogens (tertiary/aromatic N) is 2. The second-order valence-corrected chi connectivity index (χ2v) is 4.10. The summed E-state index contributed by atoms with van der Waals surface area (Å²) in [5.41, 5.74) is 0. The summed E-state index contributed by atoms with van der Waals surface area (Å²) < 4.78 is 0. The standard InChI is InChI=1S/C9H18N2/c1-4-11-6-7-5-8(11)9(7)10(2)3/h7-9H,4-6H2,1-3H3/t7-,8-,9?/m0/s1. The fourth-order valence-corrected chi connectivity index (χ4v) is 2.82. The SMILES string of the molecule is CCN1C[C@@H]2C[C@H]1C2N(C)C. The quantitative estimate of drug-likeness (QED) is 0.576. The highest BCUT2D eigenvalue weighted by atomic mass is 15.3. The van der Waals surface area contributed by atoms with E-state index in [-0.39, 0.29) is 0 Å². The van der Waals surface area contributed by atoms with Crippen molar-refractivity contribution < 1.29 is 0 Å². The molecule has 3 atom stereocenters. The molecule has 64 valence electrons. The fraction of sp³-hybridized carbons (Fsp3) is 1.00. The normalized spacial score (nSPS) is 43.1. The summed E-state index contributed by atoms with van der Waals surface area (Å²) in [7, 11) is 4.42. The topological polar surface area (TPSA) is 6.48 Å². The molecule has 0 radical (unpaired) electrons. The van der Waals surface area contributed by atoms with Crippen molar-refractivity contribution in [2.45, 2.75) is 25.4 Å². The van der Waals surface area contributed by atoms with Gasteiger partial charge in [0.05, 0.1) is 0 Å². The zero-order chi connectivity index (χ0) is 8.01. The van der Waals surface area contributed by atoms with Crippen molar-refractivity contribution in [3.63, 3.8) is 0 Å². The summed E-state index contributed by atoms with van der Waals surface area (Å²) >= 11 is 0. The van der Waals surface area contributed by atoms with Gasteiger partial charge in [0.25, 0.3) is 0 Å². The maximum atomic E-state index is 2.62. The van der Waals surface area contributed by atoms with Crippen molar-refractivity contribution in [1.29, 1.82) is 0 Å². The maximum Gasteiger partial charge on any atom is 0.0286 e. The van der Waals surface area contributed by atoms with Crippen LogP contribution in [0.2, 0.25) is 0 Å². The van der Waals surface area contributed by atoms with Gasteiger partial charge in [0.15, 0.2) is 0 Å². The van der Waals surface area contributed by atoms with E-state index in [1.807, 2.05) is 0 Å². The van der Waals surface area contributed by atoms with Gasteiger partial charge in [-0.05, 0) is 33.0 Å². The number of rotatable bonds is 2. The van der Waals surface area contributed by atoms with E-state index in [1.165, 1.54) is 19.5 Å². The summed E-state index contributed by atoms with van der Waals surface area (Å²) in [6, 6.07) is 1.76. The number of fused-ring (bicyclic) bond motifs is 1. The lowest BCUT2D eigenvalue weighted by molar-refractivity contribution is 0.101. The van der Waals surface area contributed by atoms with Crippen LogP contribution in [0.1, 0.15) is 13.3 Å². The number of likely N-dealkylation sites (N-methyl/N-ethyl adjacent to an activating group) is 2. The van der Waals surface area contributed by atoms with Gasteiger partial charge in [-0.3, -0.25) is 4.90 Å². The smallest absolute Gasteiger partial charge is 0.0286 e. The molecule has 1 aliphatic carbocycles. The molecule has 0 aromatic rings. The summed E-state index contributed by atoms with van der Waals surface area (Å²) in [5.74, 6) is 0.981. The third kappa shape index (κ3) is 0.926. The third-order valence-electron chi connectivity index (χ3n) is 3.36. The Labute approximate surface area is 69.2 Å². The lowest BCUT2D eigenvalue weighted by Gasteiger charge is -2.41. The molecular formula is C9H18N2. The van der Waals surface area contributed by atoms with E-state index in [9.17, 15) is 0 Å². The molecule has 2 heteroatoms. The zero-order valence-electron chi connectivity index (χ0n) is 7.75. The summed E-state index contributed by atoms with van der Waals surface area (Å²) in [6.45, 7) is 4.86. The van der Waals surface area contributed by atoms with Crippen LogP contribution in [0.5, 0.6) is 0 Å². The summed E-state index contributed by atoms with van der Waals surface area (Å²) in [6.07, 6.45) is 1.46. The lowest BCUT2D eigenvalue weighted by Crippen LogP contribution is -2.51. The number of hydrogen-bond donors (Lipinski definition) is 0. The van der Waals surface area contributed by atoms with Gasteiger partial charge < -0.3 is 4.90 Å². The van der Waals surface area contributed by atoms with Gasteiger partial charge in [0, 0.05) is 18.6 Å². The first-order chi connectivity index (χ1) is 5.24. The molecule has 2 nitrogen and oxygen atoms in total. The van der Waals surface area contributed by atoms with Crippen LogP contribution in [0.4, 0.5) is 0 Å². The highest BCUT2D eigenvalue weighted by Crippen LogP contribution is 2.42. The van der Waals surface area contributed by atoms with E-state index in [4.69, 9.17) is 0 Å². The molecule has 11 heavy (non-hydrogen) atoms. The third-order valence-corrected chi connectivity index (χ3v) is 3.36. The Kier molecular flexibility index (Phi) is 1.69. The maximum absolute atomic E-state index is 2.62. The van der Waals surface area contributed by atoms with Gasteiger partial charge in [-0.25, -0.2) is 0 Å². The van der Waals surface area contributed by atoms with Crippen molar-refractivity contribution in [2.75, 3.05) is 27.2 Å². The van der Waals surface area contributed by atoms with E-state index >= 15 is 0 Å². The van der Waals surface area contributed by atoms with Crippen LogP contribution in [0.15, 0.2) is 0 Å².